The lowest BCUT2D eigenvalue weighted by molar-refractivity contribution is 0.548. The van der Waals surface area contributed by atoms with Crippen LogP contribution in [0.25, 0.3) is 0 Å². The predicted molar refractivity (Wildman–Crippen MR) is 72.0 cm³/mol. The van der Waals surface area contributed by atoms with Crippen LogP contribution in [0.1, 0.15) is 44.2 Å². The highest BCUT2D eigenvalue weighted by Gasteiger charge is 2.17. The Bertz CT molecular complexity index is 343. The number of pyridine rings is 1. The Kier molecular flexibility index (Phi) is 4.37. The zero-order chi connectivity index (χ0) is 12.1. The third-order valence-corrected chi connectivity index (χ3v) is 3.73. The number of nitrogens with zero attached hydrogens (tertiary/aromatic N) is 2. The summed E-state index contributed by atoms with van der Waals surface area (Å²) in [5, 5.41) is 0. The molecular weight excluding hydrogens is 210 g/mol. The molecule has 0 amide bonds. The molecule has 0 aliphatic heterocycles. The van der Waals surface area contributed by atoms with Crippen LogP contribution >= 0.6 is 0 Å². The summed E-state index contributed by atoms with van der Waals surface area (Å²) in [7, 11) is 2.17. The summed E-state index contributed by atoms with van der Waals surface area (Å²) in [4.78, 5) is 6.94. The van der Waals surface area contributed by atoms with Crippen molar-refractivity contribution in [1.29, 1.82) is 0 Å². The molecule has 1 aromatic heterocycles. The minimum absolute atomic E-state index is 0.520. The summed E-state index contributed by atoms with van der Waals surface area (Å²) in [5.41, 5.74) is 6.62. The second-order valence-corrected chi connectivity index (χ2v) is 4.95. The van der Waals surface area contributed by atoms with Gasteiger partial charge in [0, 0.05) is 19.6 Å². The van der Waals surface area contributed by atoms with Gasteiger partial charge >= 0.3 is 0 Å². The van der Waals surface area contributed by atoms with Crippen LogP contribution in [0.5, 0.6) is 0 Å². The zero-order valence-electron chi connectivity index (χ0n) is 10.7. The fourth-order valence-electron chi connectivity index (χ4n) is 2.61. The Balaban J connectivity index is 2.08. The van der Waals surface area contributed by atoms with Gasteiger partial charge in [0.15, 0.2) is 0 Å². The van der Waals surface area contributed by atoms with E-state index in [9.17, 15) is 0 Å². The van der Waals surface area contributed by atoms with Gasteiger partial charge in [0.25, 0.3) is 0 Å². The normalized spacial score (nSPS) is 17.8. The van der Waals surface area contributed by atoms with E-state index < -0.39 is 0 Å². The van der Waals surface area contributed by atoms with Crippen LogP contribution < -0.4 is 10.6 Å². The largest absolute Gasteiger partial charge is 0.357 e. The second kappa shape index (κ2) is 6.01. The van der Waals surface area contributed by atoms with Crippen LogP contribution in [0.2, 0.25) is 0 Å². The fraction of sp³-hybridized carbons (Fsp3) is 0.643. The molecule has 0 saturated heterocycles. The van der Waals surface area contributed by atoms with Crippen molar-refractivity contribution < 1.29 is 0 Å². The number of nitrogens with two attached hydrogens (primary N) is 1. The maximum Gasteiger partial charge on any atom is 0.128 e. The van der Waals surface area contributed by atoms with Gasteiger partial charge < -0.3 is 10.6 Å². The molecule has 0 unspecified atom stereocenters. The number of rotatable bonds is 3. The molecule has 3 heteroatoms. The van der Waals surface area contributed by atoms with Gasteiger partial charge in [0.05, 0.1) is 5.69 Å². The summed E-state index contributed by atoms with van der Waals surface area (Å²) >= 11 is 0. The van der Waals surface area contributed by atoms with Crippen molar-refractivity contribution in [3.63, 3.8) is 0 Å². The molecule has 1 aliphatic carbocycles. The van der Waals surface area contributed by atoms with E-state index >= 15 is 0 Å². The van der Waals surface area contributed by atoms with E-state index in [-0.39, 0.29) is 0 Å². The standard InChI is InChI=1S/C14H23N3/c1-17(13-8-4-2-3-5-9-13)14-10-6-7-12(11-15)16-14/h6-7,10,13H,2-5,8-9,11,15H2,1H3. The van der Waals surface area contributed by atoms with Crippen molar-refractivity contribution in [2.24, 2.45) is 5.73 Å². The van der Waals surface area contributed by atoms with Gasteiger partial charge in [-0.3, -0.25) is 0 Å². The maximum absolute atomic E-state index is 5.64. The summed E-state index contributed by atoms with van der Waals surface area (Å²) in [6, 6.07) is 6.78. The number of hydrogen-bond donors (Lipinski definition) is 1. The molecule has 94 valence electrons. The van der Waals surface area contributed by atoms with Gasteiger partial charge in [-0.2, -0.15) is 0 Å². The van der Waals surface area contributed by atoms with Gasteiger partial charge in [0.1, 0.15) is 5.82 Å². The Morgan fingerprint density at radius 3 is 2.59 bits per heavy atom. The Morgan fingerprint density at radius 2 is 1.94 bits per heavy atom. The van der Waals surface area contributed by atoms with Crippen molar-refractivity contribution >= 4 is 5.82 Å². The topological polar surface area (TPSA) is 42.1 Å². The van der Waals surface area contributed by atoms with Crippen LogP contribution in [0.4, 0.5) is 5.82 Å². The number of hydrogen-bond acceptors (Lipinski definition) is 3. The predicted octanol–water partition coefficient (Wildman–Crippen LogP) is 2.70. The van der Waals surface area contributed by atoms with Gasteiger partial charge in [-0.15, -0.1) is 0 Å². The third-order valence-electron chi connectivity index (χ3n) is 3.73. The quantitative estimate of drug-likeness (QED) is 0.816. The Hall–Kier alpha value is -1.09. The Labute approximate surface area is 104 Å². The lowest BCUT2D eigenvalue weighted by Crippen LogP contribution is -2.31. The highest BCUT2D eigenvalue weighted by Crippen LogP contribution is 2.24. The van der Waals surface area contributed by atoms with Crippen LogP contribution in [-0.4, -0.2) is 18.1 Å². The summed E-state index contributed by atoms with van der Waals surface area (Å²) < 4.78 is 0. The molecule has 3 nitrogen and oxygen atoms in total. The number of anilines is 1. The molecule has 1 fully saturated rings. The summed E-state index contributed by atoms with van der Waals surface area (Å²) in [5.74, 6) is 1.07. The van der Waals surface area contributed by atoms with Crippen molar-refractivity contribution in [3.8, 4) is 0 Å². The molecule has 1 aromatic rings. The number of aromatic nitrogens is 1. The first-order chi connectivity index (χ1) is 8.31. The average molecular weight is 233 g/mol. The molecule has 1 heterocycles. The molecule has 0 atom stereocenters. The molecule has 2 rings (SSSR count). The molecule has 1 aliphatic rings. The minimum atomic E-state index is 0.520. The molecule has 1 saturated carbocycles. The van der Waals surface area contributed by atoms with Gasteiger partial charge in [0.2, 0.25) is 0 Å². The molecule has 0 aromatic carbocycles. The molecule has 17 heavy (non-hydrogen) atoms. The Morgan fingerprint density at radius 1 is 1.24 bits per heavy atom. The second-order valence-electron chi connectivity index (χ2n) is 4.95. The van der Waals surface area contributed by atoms with E-state index in [1.54, 1.807) is 0 Å². The van der Waals surface area contributed by atoms with Gasteiger partial charge in [-0.25, -0.2) is 4.98 Å². The fourth-order valence-corrected chi connectivity index (χ4v) is 2.61. The summed E-state index contributed by atoms with van der Waals surface area (Å²) in [6.45, 7) is 0.520. The van der Waals surface area contributed by atoms with Crippen LogP contribution in [0.15, 0.2) is 18.2 Å². The van der Waals surface area contributed by atoms with Gasteiger partial charge in [-0.1, -0.05) is 31.7 Å². The molecular formula is C14H23N3. The first-order valence-corrected chi connectivity index (χ1v) is 6.70. The molecule has 0 radical (unpaired) electrons. The van der Waals surface area contributed by atoms with E-state index in [2.05, 4.69) is 29.1 Å². The highest BCUT2D eigenvalue weighted by atomic mass is 15.2. The highest BCUT2D eigenvalue weighted by molar-refractivity contribution is 5.39. The van der Waals surface area contributed by atoms with Crippen molar-refractivity contribution in [2.45, 2.75) is 51.1 Å². The minimum Gasteiger partial charge on any atom is -0.357 e. The average Bonchev–Trinajstić information content (AvgIpc) is 2.67. The molecule has 0 spiro atoms. The van der Waals surface area contributed by atoms with E-state index in [1.807, 2.05) is 6.07 Å². The molecule has 2 N–H and O–H groups in total. The zero-order valence-corrected chi connectivity index (χ0v) is 10.7. The smallest absolute Gasteiger partial charge is 0.128 e. The van der Waals surface area contributed by atoms with Crippen molar-refractivity contribution in [2.75, 3.05) is 11.9 Å². The monoisotopic (exact) mass is 233 g/mol. The SMILES string of the molecule is CN(c1cccc(CN)n1)C1CCCCCC1. The van der Waals surface area contributed by atoms with E-state index in [0.29, 0.717) is 12.6 Å². The maximum atomic E-state index is 5.64. The lowest BCUT2D eigenvalue weighted by Gasteiger charge is -2.28. The lowest BCUT2D eigenvalue weighted by atomic mass is 10.1. The van der Waals surface area contributed by atoms with Crippen LogP contribution in [0, 0.1) is 0 Å². The van der Waals surface area contributed by atoms with Gasteiger partial charge in [-0.05, 0) is 25.0 Å². The van der Waals surface area contributed by atoms with E-state index in [4.69, 9.17) is 5.73 Å². The third kappa shape index (κ3) is 3.19. The first-order valence-electron chi connectivity index (χ1n) is 6.70. The van der Waals surface area contributed by atoms with Crippen LogP contribution in [-0.2, 0) is 6.54 Å². The first kappa shape index (κ1) is 12.4. The molecule has 0 bridgehead atoms. The van der Waals surface area contributed by atoms with Crippen molar-refractivity contribution in [1.82, 2.24) is 4.98 Å². The van der Waals surface area contributed by atoms with E-state index in [1.165, 1.54) is 38.5 Å². The van der Waals surface area contributed by atoms with Crippen molar-refractivity contribution in [3.05, 3.63) is 23.9 Å². The summed E-state index contributed by atoms with van der Waals surface area (Å²) in [6.07, 6.45) is 8.08. The van der Waals surface area contributed by atoms with Crippen LogP contribution in [0.3, 0.4) is 0 Å². The van der Waals surface area contributed by atoms with E-state index in [0.717, 1.165) is 11.5 Å².